The van der Waals surface area contributed by atoms with Crippen LogP contribution >= 0.6 is 0 Å². The van der Waals surface area contributed by atoms with Gasteiger partial charge in [0.25, 0.3) is 0 Å². The van der Waals surface area contributed by atoms with Crippen LogP contribution in [0.2, 0.25) is 0 Å². The average molecular weight is 167 g/mol. The van der Waals surface area contributed by atoms with Crippen LogP contribution in [0.15, 0.2) is 12.2 Å². The second-order valence-corrected chi connectivity index (χ2v) is 3.93. The van der Waals surface area contributed by atoms with Gasteiger partial charge < -0.3 is 5.73 Å². The van der Waals surface area contributed by atoms with Gasteiger partial charge in [-0.05, 0) is 51.4 Å². The van der Waals surface area contributed by atoms with E-state index in [9.17, 15) is 0 Å². The van der Waals surface area contributed by atoms with Gasteiger partial charge in [-0.25, -0.2) is 0 Å². The van der Waals surface area contributed by atoms with Crippen molar-refractivity contribution in [3.05, 3.63) is 12.2 Å². The van der Waals surface area contributed by atoms with Crippen molar-refractivity contribution in [2.75, 3.05) is 0 Å². The number of hydrogen-bond donors (Lipinski definition) is 1. The molecular formula is C11H21N. The molecule has 0 saturated heterocycles. The first-order valence-corrected chi connectivity index (χ1v) is 5.19. The topological polar surface area (TPSA) is 26.0 Å². The molecule has 12 heavy (non-hydrogen) atoms. The van der Waals surface area contributed by atoms with Crippen LogP contribution in [0.5, 0.6) is 0 Å². The molecule has 1 heteroatoms. The van der Waals surface area contributed by atoms with Gasteiger partial charge in [0.15, 0.2) is 0 Å². The maximum atomic E-state index is 5.84. The highest BCUT2D eigenvalue weighted by molar-refractivity contribution is 4.80. The van der Waals surface area contributed by atoms with E-state index in [0.29, 0.717) is 6.04 Å². The van der Waals surface area contributed by atoms with E-state index in [0.717, 1.165) is 5.92 Å². The molecule has 0 radical (unpaired) electrons. The first-order chi connectivity index (χ1) is 5.83. The Morgan fingerprint density at radius 3 is 2.50 bits per heavy atom. The molecule has 1 fully saturated rings. The van der Waals surface area contributed by atoms with E-state index in [2.05, 4.69) is 19.1 Å². The summed E-state index contributed by atoms with van der Waals surface area (Å²) >= 11 is 0. The van der Waals surface area contributed by atoms with Gasteiger partial charge in [-0.2, -0.15) is 0 Å². The third kappa shape index (κ3) is 3.40. The summed E-state index contributed by atoms with van der Waals surface area (Å²) in [5.41, 5.74) is 5.84. The fourth-order valence-corrected chi connectivity index (χ4v) is 1.98. The van der Waals surface area contributed by atoms with Crippen molar-refractivity contribution in [2.45, 2.75) is 51.5 Å². The van der Waals surface area contributed by atoms with Crippen molar-refractivity contribution in [2.24, 2.45) is 11.7 Å². The SMILES string of the molecule is C/C=C/CCC1CCC(N)CC1. The molecule has 0 aliphatic heterocycles. The molecule has 70 valence electrons. The Morgan fingerprint density at radius 2 is 1.92 bits per heavy atom. The maximum Gasteiger partial charge on any atom is 0.00390 e. The van der Waals surface area contributed by atoms with Gasteiger partial charge in [0.1, 0.15) is 0 Å². The van der Waals surface area contributed by atoms with Crippen molar-refractivity contribution < 1.29 is 0 Å². The second-order valence-electron chi connectivity index (χ2n) is 3.93. The van der Waals surface area contributed by atoms with Gasteiger partial charge in [-0.1, -0.05) is 12.2 Å². The summed E-state index contributed by atoms with van der Waals surface area (Å²) in [5.74, 6) is 0.959. The van der Waals surface area contributed by atoms with Gasteiger partial charge in [0.2, 0.25) is 0 Å². The van der Waals surface area contributed by atoms with E-state index in [-0.39, 0.29) is 0 Å². The minimum absolute atomic E-state index is 0.503. The zero-order chi connectivity index (χ0) is 8.81. The number of rotatable bonds is 3. The van der Waals surface area contributed by atoms with E-state index in [1.54, 1.807) is 0 Å². The van der Waals surface area contributed by atoms with E-state index in [4.69, 9.17) is 5.73 Å². The Bertz CT molecular complexity index is 132. The Balaban J connectivity index is 2.09. The van der Waals surface area contributed by atoms with Crippen LogP contribution < -0.4 is 5.73 Å². The lowest BCUT2D eigenvalue weighted by Gasteiger charge is -2.25. The molecule has 0 unspecified atom stereocenters. The average Bonchev–Trinajstić information content (AvgIpc) is 2.09. The molecule has 1 rings (SSSR count). The van der Waals surface area contributed by atoms with Gasteiger partial charge in [0.05, 0.1) is 0 Å². The molecule has 1 aliphatic carbocycles. The lowest BCUT2D eigenvalue weighted by molar-refractivity contribution is 0.312. The summed E-state index contributed by atoms with van der Waals surface area (Å²) in [5, 5.41) is 0. The fraction of sp³-hybridized carbons (Fsp3) is 0.818. The Kier molecular flexibility index (Phi) is 4.37. The summed E-state index contributed by atoms with van der Waals surface area (Å²) in [6, 6.07) is 0.503. The largest absolute Gasteiger partial charge is 0.328 e. The molecule has 2 N–H and O–H groups in total. The summed E-state index contributed by atoms with van der Waals surface area (Å²) < 4.78 is 0. The van der Waals surface area contributed by atoms with Crippen molar-refractivity contribution >= 4 is 0 Å². The molecule has 0 spiro atoms. The molecule has 1 saturated carbocycles. The molecule has 0 aromatic heterocycles. The lowest BCUT2D eigenvalue weighted by atomic mass is 9.84. The van der Waals surface area contributed by atoms with Crippen LogP contribution in [0, 0.1) is 5.92 Å². The van der Waals surface area contributed by atoms with Crippen LogP contribution in [0.25, 0.3) is 0 Å². The quantitative estimate of drug-likeness (QED) is 0.643. The van der Waals surface area contributed by atoms with Crippen LogP contribution in [0.4, 0.5) is 0 Å². The standard InChI is InChI=1S/C11H21N/c1-2-3-4-5-10-6-8-11(12)9-7-10/h2-3,10-11H,4-9,12H2,1H3/b3-2+. The van der Waals surface area contributed by atoms with Crippen molar-refractivity contribution in [1.29, 1.82) is 0 Å². The second kappa shape index (κ2) is 5.36. The summed E-state index contributed by atoms with van der Waals surface area (Å²) in [4.78, 5) is 0. The molecule has 1 nitrogen and oxygen atoms in total. The summed E-state index contributed by atoms with van der Waals surface area (Å²) in [7, 11) is 0. The van der Waals surface area contributed by atoms with Crippen molar-refractivity contribution in [3.63, 3.8) is 0 Å². The Labute approximate surface area is 76.0 Å². The third-order valence-corrected chi connectivity index (χ3v) is 2.87. The highest BCUT2D eigenvalue weighted by Gasteiger charge is 2.17. The monoisotopic (exact) mass is 167 g/mol. The van der Waals surface area contributed by atoms with E-state index >= 15 is 0 Å². The Morgan fingerprint density at radius 1 is 1.25 bits per heavy atom. The van der Waals surface area contributed by atoms with Gasteiger partial charge in [-0.3, -0.25) is 0 Å². The number of allylic oxidation sites excluding steroid dienone is 2. The van der Waals surface area contributed by atoms with Crippen molar-refractivity contribution in [3.8, 4) is 0 Å². The molecule has 0 amide bonds. The normalized spacial score (nSPS) is 31.2. The minimum Gasteiger partial charge on any atom is -0.328 e. The number of nitrogens with two attached hydrogens (primary N) is 1. The molecule has 0 atom stereocenters. The zero-order valence-electron chi connectivity index (χ0n) is 8.13. The van der Waals surface area contributed by atoms with E-state index in [1.165, 1.54) is 38.5 Å². The van der Waals surface area contributed by atoms with Gasteiger partial charge in [0, 0.05) is 6.04 Å². The molecule has 1 aliphatic rings. The van der Waals surface area contributed by atoms with Crippen LogP contribution in [-0.4, -0.2) is 6.04 Å². The predicted molar refractivity (Wildman–Crippen MR) is 54.0 cm³/mol. The first-order valence-electron chi connectivity index (χ1n) is 5.19. The fourth-order valence-electron chi connectivity index (χ4n) is 1.98. The highest BCUT2D eigenvalue weighted by atomic mass is 14.6. The van der Waals surface area contributed by atoms with E-state index < -0.39 is 0 Å². The number of hydrogen-bond acceptors (Lipinski definition) is 1. The zero-order valence-corrected chi connectivity index (χ0v) is 8.13. The molecular weight excluding hydrogens is 146 g/mol. The predicted octanol–water partition coefficient (Wildman–Crippen LogP) is 2.86. The van der Waals surface area contributed by atoms with E-state index in [1.807, 2.05) is 0 Å². The third-order valence-electron chi connectivity index (χ3n) is 2.87. The van der Waals surface area contributed by atoms with Gasteiger partial charge >= 0.3 is 0 Å². The smallest absolute Gasteiger partial charge is 0.00390 e. The highest BCUT2D eigenvalue weighted by Crippen LogP contribution is 2.26. The van der Waals surface area contributed by atoms with Crippen LogP contribution in [0.1, 0.15) is 45.4 Å². The first kappa shape index (κ1) is 9.79. The maximum absolute atomic E-state index is 5.84. The van der Waals surface area contributed by atoms with Crippen molar-refractivity contribution in [1.82, 2.24) is 0 Å². The molecule has 0 aromatic rings. The van der Waals surface area contributed by atoms with Crippen LogP contribution in [-0.2, 0) is 0 Å². The molecule has 0 bridgehead atoms. The van der Waals surface area contributed by atoms with Crippen LogP contribution in [0.3, 0.4) is 0 Å². The summed E-state index contributed by atoms with van der Waals surface area (Å²) in [6.07, 6.45) is 12.3. The lowest BCUT2D eigenvalue weighted by Crippen LogP contribution is -2.26. The molecule has 0 aromatic carbocycles. The Hall–Kier alpha value is -0.300. The van der Waals surface area contributed by atoms with Gasteiger partial charge in [-0.15, -0.1) is 0 Å². The minimum atomic E-state index is 0.503. The summed E-state index contributed by atoms with van der Waals surface area (Å²) in [6.45, 7) is 2.09. The molecule has 0 heterocycles.